The van der Waals surface area contributed by atoms with E-state index in [2.05, 4.69) is 0 Å². The number of Topliss-reactive ketones (excluding diaryl/α,β-unsaturated/α-hetero) is 3. The topological polar surface area (TPSA) is 121 Å². The lowest BCUT2D eigenvalue weighted by atomic mass is 9.56. The van der Waals surface area contributed by atoms with Gasteiger partial charge in [0, 0.05) is 11.1 Å². The number of ketones is 3. The number of hydrogen-bond donors (Lipinski definition) is 3. The maximum absolute atomic E-state index is 15.1. The monoisotopic (exact) mass is 620 g/mol. The molecule has 2 fully saturated rings. The lowest BCUT2D eigenvalue weighted by Gasteiger charge is -2.48. The molecular formula is C38H52O7. The van der Waals surface area contributed by atoms with Crippen molar-refractivity contribution in [2.45, 2.75) is 118 Å². The molecule has 2 heterocycles. The van der Waals surface area contributed by atoms with Crippen molar-refractivity contribution in [1.29, 1.82) is 0 Å². The zero-order chi connectivity index (χ0) is 33.7. The fourth-order valence-corrected chi connectivity index (χ4v) is 7.77. The van der Waals surface area contributed by atoms with Gasteiger partial charge in [-0.25, -0.2) is 0 Å². The van der Waals surface area contributed by atoms with Crippen LogP contribution in [0.5, 0.6) is 0 Å². The SMILES string of the molecule is CC(C)=CC/C1=C2\O[C@H](C(C)(C)O)C3C[C@](C)([C@@H](C[C@H](O)C(C)(C)O)C[C@@](CC=C(C)C)(C1=O)C3=O)[C@H]2C(=O)c1ccccc1. The van der Waals surface area contributed by atoms with Crippen molar-refractivity contribution in [3.8, 4) is 0 Å². The van der Waals surface area contributed by atoms with Gasteiger partial charge in [-0.1, -0.05) is 60.6 Å². The number of aliphatic hydroxyl groups excluding tert-OH is 1. The molecular weight excluding hydrogens is 568 g/mol. The van der Waals surface area contributed by atoms with Crippen molar-refractivity contribution in [2.75, 3.05) is 0 Å². The molecule has 7 atom stereocenters. The van der Waals surface area contributed by atoms with Crippen LogP contribution in [0.3, 0.4) is 0 Å². The highest BCUT2D eigenvalue weighted by Gasteiger charge is 2.66. The summed E-state index contributed by atoms with van der Waals surface area (Å²) < 4.78 is 6.74. The van der Waals surface area contributed by atoms with Gasteiger partial charge in [0.25, 0.3) is 0 Å². The molecule has 4 aliphatic rings. The Kier molecular flexibility index (Phi) is 9.63. The number of allylic oxidation sites excluding steroid dienone is 6. The zero-order valence-corrected chi connectivity index (χ0v) is 28.4. The van der Waals surface area contributed by atoms with Crippen LogP contribution in [0.4, 0.5) is 0 Å². The van der Waals surface area contributed by atoms with Gasteiger partial charge in [0.05, 0.1) is 34.6 Å². The number of carbonyl (C=O) groups excluding carboxylic acids is 3. The number of rotatable bonds is 10. The minimum Gasteiger partial charge on any atom is -0.490 e. The molecule has 7 nitrogen and oxygen atoms in total. The van der Waals surface area contributed by atoms with E-state index in [-0.39, 0.29) is 55.2 Å². The highest BCUT2D eigenvalue weighted by molar-refractivity contribution is 6.17. The number of hydrogen-bond acceptors (Lipinski definition) is 7. The summed E-state index contributed by atoms with van der Waals surface area (Å²) in [5, 5.41) is 33.8. The Morgan fingerprint density at radius 1 is 1.00 bits per heavy atom. The average molecular weight is 621 g/mol. The van der Waals surface area contributed by atoms with E-state index in [9.17, 15) is 20.1 Å². The molecule has 1 aromatic carbocycles. The smallest absolute Gasteiger partial charge is 0.176 e. The fraction of sp³-hybridized carbons (Fsp3) is 0.605. The normalized spacial score (nSPS) is 32.3. The van der Waals surface area contributed by atoms with Crippen molar-refractivity contribution < 1.29 is 34.4 Å². The Hall–Kier alpha value is -2.87. The first-order valence-corrected chi connectivity index (χ1v) is 16.2. The van der Waals surface area contributed by atoms with Crippen LogP contribution in [-0.2, 0) is 14.3 Å². The van der Waals surface area contributed by atoms with Gasteiger partial charge < -0.3 is 20.1 Å². The molecule has 246 valence electrons. The third kappa shape index (κ3) is 6.54. The first kappa shape index (κ1) is 35.0. The lowest BCUT2D eigenvalue weighted by Crippen LogP contribution is -2.54. The van der Waals surface area contributed by atoms with E-state index in [0.717, 1.165) is 11.1 Å². The van der Waals surface area contributed by atoms with Crippen molar-refractivity contribution in [3.63, 3.8) is 0 Å². The molecule has 1 saturated carbocycles. The minimum atomic E-state index is -1.49. The quantitative estimate of drug-likeness (QED) is 0.159. The third-order valence-electron chi connectivity index (χ3n) is 10.5. The second-order valence-corrected chi connectivity index (χ2v) is 15.6. The van der Waals surface area contributed by atoms with Crippen molar-refractivity contribution in [2.24, 2.45) is 28.6 Å². The molecule has 7 heteroatoms. The second-order valence-electron chi connectivity index (χ2n) is 15.6. The molecule has 45 heavy (non-hydrogen) atoms. The Labute approximate surface area is 268 Å². The molecule has 2 aliphatic heterocycles. The van der Waals surface area contributed by atoms with Crippen molar-refractivity contribution in [1.82, 2.24) is 0 Å². The van der Waals surface area contributed by atoms with Crippen LogP contribution in [-0.4, -0.2) is 56.1 Å². The molecule has 1 unspecified atom stereocenters. The Balaban J connectivity index is 2.17. The average Bonchev–Trinajstić information content (AvgIpc) is 3.12. The van der Waals surface area contributed by atoms with E-state index in [1.54, 1.807) is 38.1 Å². The third-order valence-corrected chi connectivity index (χ3v) is 10.5. The van der Waals surface area contributed by atoms with Crippen LogP contribution in [0.15, 0.2) is 65.0 Å². The summed E-state index contributed by atoms with van der Waals surface area (Å²) in [4.78, 5) is 45.0. The van der Waals surface area contributed by atoms with Gasteiger partial charge in [0.2, 0.25) is 0 Å². The Bertz CT molecular complexity index is 1410. The van der Waals surface area contributed by atoms with Crippen molar-refractivity contribution >= 4 is 17.3 Å². The summed E-state index contributed by atoms with van der Waals surface area (Å²) in [7, 11) is 0. The van der Waals surface area contributed by atoms with E-state index in [4.69, 9.17) is 4.74 Å². The number of carbonyl (C=O) groups is 3. The van der Waals surface area contributed by atoms with E-state index in [0.29, 0.717) is 11.1 Å². The Morgan fingerprint density at radius 2 is 1.60 bits per heavy atom. The van der Waals surface area contributed by atoms with Crippen LogP contribution in [0, 0.1) is 28.6 Å². The molecule has 2 aliphatic carbocycles. The highest BCUT2D eigenvalue weighted by Crippen LogP contribution is 2.62. The Morgan fingerprint density at radius 3 is 2.13 bits per heavy atom. The molecule has 1 aromatic rings. The van der Waals surface area contributed by atoms with E-state index in [1.807, 2.05) is 52.8 Å². The predicted octanol–water partition coefficient (Wildman–Crippen LogP) is 6.31. The number of aliphatic hydroxyl groups is 3. The van der Waals surface area contributed by atoms with Gasteiger partial charge in [0.15, 0.2) is 17.3 Å². The standard InChI is InChI=1S/C38H52O7/c1-22(2)15-16-26-31-29(30(40)24-13-11-10-12-14-24)37(9)21-27(34(45-31)36(7,8)44)33(42)38(32(26)41,18-17-23(3)4)20-25(37)19-28(39)35(5,6)43/h10-15,17,25,27-29,34,39,43-44H,16,18-21H2,1-9H3/b31-26+/t25-,27?,28-,29-,34-,37+,38-/m0/s1. The number of benzene rings is 1. The first-order chi connectivity index (χ1) is 20.7. The molecule has 5 rings (SSSR count). The number of fused-ring (bicyclic) bond motifs is 3. The summed E-state index contributed by atoms with van der Waals surface area (Å²) >= 11 is 0. The lowest BCUT2D eigenvalue weighted by molar-refractivity contribution is -0.155. The van der Waals surface area contributed by atoms with Gasteiger partial charge in [-0.2, -0.15) is 0 Å². The van der Waals surface area contributed by atoms with Crippen LogP contribution in [0.25, 0.3) is 0 Å². The molecule has 1 saturated heterocycles. The molecule has 3 N–H and O–H groups in total. The predicted molar refractivity (Wildman–Crippen MR) is 174 cm³/mol. The van der Waals surface area contributed by atoms with Gasteiger partial charge >= 0.3 is 0 Å². The van der Waals surface area contributed by atoms with E-state index < -0.39 is 52.0 Å². The first-order valence-electron chi connectivity index (χ1n) is 16.2. The molecule has 0 amide bonds. The highest BCUT2D eigenvalue weighted by atomic mass is 16.5. The summed E-state index contributed by atoms with van der Waals surface area (Å²) in [5.74, 6) is -3.03. The fourth-order valence-electron chi connectivity index (χ4n) is 7.77. The van der Waals surface area contributed by atoms with Gasteiger partial charge in [0.1, 0.15) is 11.9 Å². The van der Waals surface area contributed by atoms with Gasteiger partial charge in [-0.3, -0.25) is 14.4 Å². The summed E-state index contributed by atoms with van der Waals surface area (Å²) in [6.45, 7) is 16.0. The van der Waals surface area contributed by atoms with E-state index >= 15 is 9.59 Å². The number of ether oxygens (including phenoxy) is 1. The molecule has 4 bridgehead atoms. The van der Waals surface area contributed by atoms with Crippen LogP contribution < -0.4 is 0 Å². The van der Waals surface area contributed by atoms with Gasteiger partial charge in [-0.15, -0.1) is 0 Å². The van der Waals surface area contributed by atoms with Crippen LogP contribution in [0.2, 0.25) is 0 Å². The zero-order valence-electron chi connectivity index (χ0n) is 28.4. The summed E-state index contributed by atoms with van der Waals surface area (Å²) in [6, 6.07) is 8.89. The van der Waals surface area contributed by atoms with Crippen molar-refractivity contribution in [3.05, 3.63) is 70.5 Å². The molecule has 0 aromatic heterocycles. The summed E-state index contributed by atoms with van der Waals surface area (Å²) in [5.41, 5.74) is -2.72. The van der Waals surface area contributed by atoms with Gasteiger partial charge in [-0.05, 0) is 98.8 Å². The molecule has 0 radical (unpaired) electrons. The molecule has 0 spiro atoms. The van der Waals surface area contributed by atoms with Crippen LogP contribution in [0.1, 0.15) is 105 Å². The maximum atomic E-state index is 15.1. The largest absolute Gasteiger partial charge is 0.490 e. The minimum absolute atomic E-state index is 0.0756. The van der Waals surface area contributed by atoms with E-state index in [1.165, 1.54) is 13.8 Å². The second kappa shape index (κ2) is 12.4. The maximum Gasteiger partial charge on any atom is 0.176 e. The summed E-state index contributed by atoms with van der Waals surface area (Å²) in [6.07, 6.45) is 2.35. The van der Waals surface area contributed by atoms with Crippen LogP contribution >= 0.6 is 0 Å².